The molecule has 4 heteroatoms. The smallest absolute Gasteiger partial charge is 0.250 e. The molecule has 0 spiro atoms. The summed E-state index contributed by atoms with van der Waals surface area (Å²) < 4.78 is 7.13. The highest BCUT2D eigenvalue weighted by Gasteiger charge is 1.98. The molecule has 2 rings (SSSR count). The van der Waals surface area contributed by atoms with Crippen molar-refractivity contribution < 1.29 is 4.74 Å². The van der Waals surface area contributed by atoms with Gasteiger partial charge in [0.1, 0.15) is 12.4 Å². The first kappa shape index (κ1) is 12.9. The number of aryl methyl sites for hydroxylation is 1. The van der Waals surface area contributed by atoms with Crippen molar-refractivity contribution in [3.05, 3.63) is 64.1 Å². The van der Waals surface area contributed by atoms with Crippen LogP contribution in [0, 0.1) is 18.3 Å². The highest BCUT2D eigenvalue weighted by Crippen LogP contribution is 2.12. The average molecular weight is 254 g/mol. The van der Waals surface area contributed by atoms with Gasteiger partial charge in [0.2, 0.25) is 0 Å². The summed E-state index contributed by atoms with van der Waals surface area (Å²) in [5, 5.41) is 8.78. The Balaban J connectivity index is 1.96. The minimum absolute atomic E-state index is 0.0330. The van der Waals surface area contributed by atoms with E-state index in [1.165, 1.54) is 0 Å². The Kier molecular flexibility index (Phi) is 3.99. The van der Waals surface area contributed by atoms with Gasteiger partial charge in [0.15, 0.2) is 0 Å². The van der Waals surface area contributed by atoms with Crippen LogP contribution < -0.4 is 10.3 Å². The van der Waals surface area contributed by atoms with Crippen LogP contribution in [0.4, 0.5) is 0 Å². The zero-order valence-electron chi connectivity index (χ0n) is 10.7. The molecule has 19 heavy (non-hydrogen) atoms. The molecular formula is C15H14N2O2. The molecule has 1 aromatic heterocycles. The lowest BCUT2D eigenvalue weighted by Crippen LogP contribution is -2.21. The quantitative estimate of drug-likeness (QED) is 0.839. The molecule has 0 saturated heterocycles. The Morgan fingerprint density at radius 2 is 2.16 bits per heavy atom. The van der Waals surface area contributed by atoms with Gasteiger partial charge >= 0.3 is 0 Å². The molecule has 0 aliphatic rings. The van der Waals surface area contributed by atoms with Crippen LogP contribution in [0.1, 0.15) is 11.1 Å². The van der Waals surface area contributed by atoms with Gasteiger partial charge in [-0.05, 0) is 36.8 Å². The molecule has 2 aromatic rings. The van der Waals surface area contributed by atoms with Crippen LogP contribution in [0.5, 0.6) is 5.75 Å². The maximum absolute atomic E-state index is 11.6. The molecular weight excluding hydrogens is 240 g/mol. The molecule has 0 aliphatic heterocycles. The fourth-order valence-corrected chi connectivity index (χ4v) is 1.71. The Morgan fingerprint density at radius 3 is 2.89 bits per heavy atom. The van der Waals surface area contributed by atoms with E-state index in [2.05, 4.69) is 6.07 Å². The molecule has 4 nitrogen and oxygen atoms in total. The van der Waals surface area contributed by atoms with E-state index in [0.717, 1.165) is 5.56 Å². The third-order valence-electron chi connectivity index (χ3n) is 2.72. The molecule has 0 N–H and O–H groups in total. The first-order valence-electron chi connectivity index (χ1n) is 5.99. The number of nitrogens with zero attached hydrogens (tertiary/aromatic N) is 2. The maximum Gasteiger partial charge on any atom is 0.250 e. The van der Waals surface area contributed by atoms with Crippen LogP contribution in [0.15, 0.2) is 47.4 Å². The Labute approximate surface area is 111 Å². The fraction of sp³-hybridized carbons (Fsp3) is 0.200. The van der Waals surface area contributed by atoms with Crippen LogP contribution in [0.3, 0.4) is 0 Å². The van der Waals surface area contributed by atoms with Gasteiger partial charge in [0.25, 0.3) is 5.56 Å². The summed E-state index contributed by atoms with van der Waals surface area (Å²) in [5.41, 5.74) is 1.48. The normalized spacial score (nSPS) is 9.89. The van der Waals surface area contributed by atoms with E-state index in [0.29, 0.717) is 24.5 Å². The zero-order chi connectivity index (χ0) is 13.7. The third-order valence-corrected chi connectivity index (χ3v) is 2.72. The molecule has 0 bridgehead atoms. The molecule has 1 aromatic carbocycles. The summed E-state index contributed by atoms with van der Waals surface area (Å²) in [5.74, 6) is 0.638. The number of pyridine rings is 1. The topological polar surface area (TPSA) is 55.0 Å². The largest absolute Gasteiger partial charge is 0.492 e. The third kappa shape index (κ3) is 3.46. The van der Waals surface area contributed by atoms with E-state index < -0.39 is 0 Å². The summed E-state index contributed by atoms with van der Waals surface area (Å²) in [4.78, 5) is 11.6. The number of rotatable bonds is 4. The van der Waals surface area contributed by atoms with E-state index >= 15 is 0 Å². The number of hydrogen-bond acceptors (Lipinski definition) is 3. The van der Waals surface area contributed by atoms with Gasteiger partial charge in [-0.15, -0.1) is 0 Å². The van der Waals surface area contributed by atoms with Gasteiger partial charge in [-0.25, -0.2) is 0 Å². The molecule has 0 fully saturated rings. The van der Waals surface area contributed by atoms with Gasteiger partial charge in [-0.2, -0.15) is 5.26 Å². The maximum atomic E-state index is 11.6. The summed E-state index contributed by atoms with van der Waals surface area (Å²) >= 11 is 0. The molecule has 0 unspecified atom stereocenters. The van der Waals surface area contributed by atoms with Crippen molar-refractivity contribution in [2.45, 2.75) is 13.5 Å². The van der Waals surface area contributed by atoms with Gasteiger partial charge in [-0.1, -0.05) is 6.07 Å². The summed E-state index contributed by atoms with van der Waals surface area (Å²) in [7, 11) is 0. The zero-order valence-corrected chi connectivity index (χ0v) is 10.7. The van der Waals surface area contributed by atoms with Crippen LogP contribution in [0.2, 0.25) is 0 Å². The van der Waals surface area contributed by atoms with Crippen molar-refractivity contribution >= 4 is 0 Å². The van der Waals surface area contributed by atoms with Gasteiger partial charge in [0, 0.05) is 12.3 Å². The highest BCUT2D eigenvalue weighted by atomic mass is 16.5. The lowest BCUT2D eigenvalue weighted by Gasteiger charge is -2.08. The number of aromatic nitrogens is 1. The Morgan fingerprint density at radius 1 is 1.32 bits per heavy atom. The SMILES string of the molecule is Cc1ccn(CCOc2cccc(C#N)c2)c(=O)c1. The average Bonchev–Trinajstić information content (AvgIpc) is 2.41. The molecule has 0 atom stereocenters. The molecule has 1 heterocycles. The van der Waals surface area contributed by atoms with Crippen molar-refractivity contribution in [1.29, 1.82) is 5.26 Å². The summed E-state index contributed by atoms with van der Waals surface area (Å²) in [6.07, 6.45) is 1.76. The van der Waals surface area contributed by atoms with E-state index in [1.807, 2.05) is 13.0 Å². The lowest BCUT2D eigenvalue weighted by atomic mass is 10.2. The van der Waals surface area contributed by atoms with Crippen molar-refractivity contribution in [3.63, 3.8) is 0 Å². The van der Waals surface area contributed by atoms with Crippen LogP contribution in [0.25, 0.3) is 0 Å². The van der Waals surface area contributed by atoms with Gasteiger partial charge < -0.3 is 9.30 Å². The molecule has 0 saturated carbocycles. The van der Waals surface area contributed by atoms with Crippen molar-refractivity contribution in [2.75, 3.05) is 6.61 Å². The minimum Gasteiger partial charge on any atom is -0.492 e. The van der Waals surface area contributed by atoms with E-state index in [-0.39, 0.29) is 5.56 Å². The second-order valence-corrected chi connectivity index (χ2v) is 4.22. The molecule has 96 valence electrons. The predicted octanol–water partition coefficient (Wildman–Crippen LogP) is 2.11. The molecule has 0 amide bonds. The fourth-order valence-electron chi connectivity index (χ4n) is 1.71. The van der Waals surface area contributed by atoms with Crippen molar-refractivity contribution in [2.24, 2.45) is 0 Å². The van der Waals surface area contributed by atoms with Crippen LogP contribution >= 0.6 is 0 Å². The second kappa shape index (κ2) is 5.87. The molecule has 0 radical (unpaired) electrons. The Hall–Kier alpha value is -2.54. The standard InChI is InChI=1S/C15H14N2O2/c1-12-5-6-17(15(18)9-12)7-8-19-14-4-2-3-13(10-14)11-16/h2-6,9-10H,7-8H2,1H3. The minimum atomic E-state index is -0.0330. The van der Waals surface area contributed by atoms with E-state index in [1.54, 1.807) is 41.1 Å². The number of nitriles is 1. The molecule has 0 aliphatic carbocycles. The monoisotopic (exact) mass is 254 g/mol. The van der Waals surface area contributed by atoms with Gasteiger partial charge in [-0.3, -0.25) is 4.79 Å². The first-order valence-corrected chi connectivity index (χ1v) is 5.99. The Bertz CT molecular complexity index is 668. The van der Waals surface area contributed by atoms with Crippen molar-refractivity contribution in [3.8, 4) is 11.8 Å². The highest BCUT2D eigenvalue weighted by molar-refractivity contribution is 5.36. The van der Waals surface area contributed by atoms with E-state index in [4.69, 9.17) is 10.00 Å². The summed E-state index contributed by atoms with van der Waals surface area (Å²) in [6.45, 7) is 2.75. The lowest BCUT2D eigenvalue weighted by molar-refractivity contribution is 0.296. The number of ether oxygens (including phenoxy) is 1. The second-order valence-electron chi connectivity index (χ2n) is 4.22. The number of hydrogen-bond donors (Lipinski definition) is 0. The van der Waals surface area contributed by atoms with Crippen LogP contribution in [-0.4, -0.2) is 11.2 Å². The first-order chi connectivity index (χ1) is 9.19. The van der Waals surface area contributed by atoms with Gasteiger partial charge in [0.05, 0.1) is 18.2 Å². The summed E-state index contributed by atoms with van der Waals surface area (Å²) in [6, 6.07) is 12.5. The van der Waals surface area contributed by atoms with Crippen LogP contribution in [-0.2, 0) is 6.54 Å². The van der Waals surface area contributed by atoms with E-state index in [9.17, 15) is 4.79 Å². The predicted molar refractivity (Wildman–Crippen MR) is 72.1 cm³/mol. The van der Waals surface area contributed by atoms with Crippen molar-refractivity contribution in [1.82, 2.24) is 4.57 Å². The number of benzene rings is 1.